The van der Waals surface area contributed by atoms with Crippen LogP contribution in [-0.2, 0) is 0 Å². The quantitative estimate of drug-likeness (QED) is 0.815. The lowest BCUT2D eigenvalue weighted by Crippen LogP contribution is -2.47. The molecule has 0 spiro atoms. The molecule has 1 aromatic rings. The van der Waals surface area contributed by atoms with E-state index in [4.69, 9.17) is 0 Å². The summed E-state index contributed by atoms with van der Waals surface area (Å²) in [6.07, 6.45) is 0. The van der Waals surface area contributed by atoms with Gasteiger partial charge in [0.25, 0.3) is 0 Å². The van der Waals surface area contributed by atoms with E-state index < -0.39 is 0 Å². The third kappa shape index (κ3) is 2.63. The van der Waals surface area contributed by atoms with Gasteiger partial charge in [-0.05, 0) is 58.5 Å². The minimum absolute atomic E-state index is 0.0381. The topological polar surface area (TPSA) is 24.1 Å². The van der Waals surface area contributed by atoms with E-state index in [1.165, 1.54) is 16.7 Å². The number of nitrogens with one attached hydrogen (secondary N) is 2. The molecule has 1 rings (SSSR count). The van der Waals surface area contributed by atoms with E-state index in [1.54, 1.807) is 0 Å². The van der Waals surface area contributed by atoms with Crippen LogP contribution in [-0.4, -0.2) is 19.6 Å². The Hall–Kier alpha value is -0.860. The van der Waals surface area contributed by atoms with Crippen LogP contribution in [0.5, 0.6) is 0 Å². The highest BCUT2D eigenvalue weighted by atomic mass is 15.0. The van der Waals surface area contributed by atoms with Crippen molar-refractivity contribution in [3.05, 3.63) is 34.9 Å². The minimum atomic E-state index is 0.0381. The van der Waals surface area contributed by atoms with Crippen LogP contribution in [0.25, 0.3) is 0 Å². The summed E-state index contributed by atoms with van der Waals surface area (Å²) in [6, 6.07) is 7.00. The van der Waals surface area contributed by atoms with Crippen molar-refractivity contribution < 1.29 is 0 Å². The first-order valence-corrected chi connectivity index (χ1v) is 5.85. The van der Waals surface area contributed by atoms with Crippen LogP contribution < -0.4 is 10.6 Å². The summed E-state index contributed by atoms with van der Waals surface area (Å²) in [7, 11) is 4.02. The van der Waals surface area contributed by atoms with E-state index in [2.05, 4.69) is 56.5 Å². The van der Waals surface area contributed by atoms with Crippen molar-refractivity contribution in [1.29, 1.82) is 0 Å². The summed E-state index contributed by atoms with van der Waals surface area (Å²) in [5.74, 6) is 0. The van der Waals surface area contributed by atoms with Crippen LogP contribution >= 0.6 is 0 Å². The van der Waals surface area contributed by atoms with Gasteiger partial charge in [-0.1, -0.05) is 18.2 Å². The zero-order valence-electron chi connectivity index (χ0n) is 11.3. The van der Waals surface area contributed by atoms with Gasteiger partial charge in [-0.3, -0.25) is 0 Å². The average molecular weight is 220 g/mol. The monoisotopic (exact) mass is 220 g/mol. The highest BCUT2D eigenvalue weighted by Crippen LogP contribution is 2.26. The normalized spacial score (nSPS) is 13.9. The Balaban J connectivity index is 3.09. The molecule has 0 aromatic heterocycles. The molecule has 0 aliphatic carbocycles. The number of hydrogen-bond acceptors (Lipinski definition) is 2. The van der Waals surface area contributed by atoms with Gasteiger partial charge in [0.1, 0.15) is 0 Å². The molecule has 0 saturated carbocycles. The molecular formula is C14H24N2. The SMILES string of the molecule is CNC(c1ccc(C)c(C)c1)C(C)(C)NC. The Kier molecular flexibility index (Phi) is 4.11. The maximum absolute atomic E-state index is 3.39. The van der Waals surface area contributed by atoms with Crippen LogP contribution in [0.1, 0.15) is 36.6 Å². The largest absolute Gasteiger partial charge is 0.313 e. The first-order chi connectivity index (χ1) is 7.42. The molecule has 0 amide bonds. The average Bonchev–Trinajstić information content (AvgIpc) is 2.24. The number of hydrogen-bond donors (Lipinski definition) is 2. The van der Waals surface area contributed by atoms with Crippen LogP contribution in [0, 0.1) is 13.8 Å². The van der Waals surface area contributed by atoms with Gasteiger partial charge in [-0.25, -0.2) is 0 Å². The maximum Gasteiger partial charge on any atom is 0.0497 e. The van der Waals surface area contributed by atoms with E-state index in [0.717, 1.165) is 0 Å². The lowest BCUT2D eigenvalue weighted by Gasteiger charge is -2.34. The molecule has 16 heavy (non-hydrogen) atoms. The predicted octanol–water partition coefficient (Wildman–Crippen LogP) is 2.56. The van der Waals surface area contributed by atoms with Gasteiger partial charge in [0.15, 0.2) is 0 Å². The molecule has 0 bridgehead atoms. The van der Waals surface area contributed by atoms with Crippen LogP contribution in [0.2, 0.25) is 0 Å². The maximum atomic E-state index is 3.39. The van der Waals surface area contributed by atoms with E-state index in [0.29, 0.717) is 6.04 Å². The number of benzene rings is 1. The molecule has 0 aliphatic rings. The molecule has 2 heteroatoms. The van der Waals surface area contributed by atoms with Crippen molar-refractivity contribution in [3.8, 4) is 0 Å². The summed E-state index contributed by atoms with van der Waals surface area (Å²) in [5.41, 5.74) is 4.08. The zero-order chi connectivity index (χ0) is 12.3. The number of aryl methyl sites for hydroxylation is 2. The summed E-state index contributed by atoms with van der Waals surface area (Å²) in [4.78, 5) is 0. The molecular weight excluding hydrogens is 196 g/mol. The Morgan fingerprint density at radius 1 is 1.06 bits per heavy atom. The molecule has 1 atom stereocenters. The van der Waals surface area contributed by atoms with Gasteiger partial charge >= 0.3 is 0 Å². The highest BCUT2D eigenvalue weighted by molar-refractivity contribution is 5.33. The lowest BCUT2D eigenvalue weighted by molar-refractivity contribution is 0.311. The van der Waals surface area contributed by atoms with Crippen molar-refractivity contribution in [3.63, 3.8) is 0 Å². The minimum Gasteiger partial charge on any atom is -0.313 e. The molecule has 2 nitrogen and oxygen atoms in total. The fourth-order valence-corrected chi connectivity index (χ4v) is 2.03. The smallest absolute Gasteiger partial charge is 0.0497 e. The molecule has 0 heterocycles. The second-order valence-corrected chi connectivity index (χ2v) is 5.04. The van der Waals surface area contributed by atoms with Crippen LogP contribution in [0.15, 0.2) is 18.2 Å². The van der Waals surface area contributed by atoms with Crippen LogP contribution in [0.3, 0.4) is 0 Å². The van der Waals surface area contributed by atoms with E-state index in [1.807, 2.05) is 14.1 Å². The Morgan fingerprint density at radius 3 is 2.12 bits per heavy atom. The molecule has 90 valence electrons. The second-order valence-electron chi connectivity index (χ2n) is 5.04. The number of rotatable bonds is 4. The molecule has 0 aliphatic heterocycles. The van der Waals surface area contributed by atoms with Gasteiger partial charge in [0.05, 0.1) is 0 Å². The van der Waals surface area contributed by atoms with Crippen molar-refractivity contribution >= 4 is 0 Å². The second kappa shape index (κ2) is 4.98. The van der Waals surface area contributed by atoms with Gasteiger partial charge in [0, 0.05) is 11.6 Å². The molecule has 2 N–H and O–H groups in total. The first-order valence-electron chi connectivity index (χ1n) is 5.85. The zero-order valence-corrected chi connectivity index (χ0v) is 11.3. The fraction of sp³-hybridized carbons (Fsp3) is 0.571. The van der Waals surface area contributed by atoms with Crippen molar-refractivity contribution in [1.82, 2.24) is 10.6 Å². The van der Waals surface area contributed by atoms with Gasteiger partial charge in [-0.15, -0.1) is 0 Å². The Morgan fingerprint density at radius 2 is 1.69 bits per heavy atom. The van der Waals surface area contributed by atoms with E-state index in [-0.39, 0.29) is 5.54 Å². The molecule has 1 unspecified atom stereocenters. The summed E-state index contributed by atoms with van der Waals surface area (Å²) in [6.45, 7) is 8.74. The Bertz CT molecular complexity index is 356. The predicted molar refractivity (Wildman–Crippen MR) is 70.9 cm³/mol. The third-order valence-corrected chi connectivity index (χ3v) is 3.52. The van der Waals surface area contributed by atoms with Gasteiger partial charge in [0.2, 0.25) is 0 Å². The van der Waals surface area contributed by atoms with Crippen molar-refractivity contribution in [2.75, 3.05) is 14.1 Å². The van der Waals surface area contributed by atoms with Crippen LogP contribution in [0.4, 0.5) is 0 Å². The summed E-state index contributed by atoms with van der Waals surface area (Å²) >= 11 is 0. The lowest BCUT2D eigenvalue weighted by atomic mass is 9.87. The fourth-order valence-electron chi connectivity index (χ4n) is 2.03. The van der Waals surface area contributed by atoms with Crippen molar-refractivity contribution in [2.24, 2.45) is 0 Å². The molecule has 0 radical (unpaired) electrons. The number of likely N-dealkylation sites (N-methyl/N-ethyl adjacent to an activating group) is 2. The highest BCUT2D eigenvalue weighted by Gasteiger charge is 2.27. The van der Waals surface area contributed by atoms with E-state index in [9.17, 15) is 0 Å². The summed E-state index contributed by atoms with van der Waals surface area (Å²) in [5, 5.41) is 6.76. The molecule has 0 fully saturated rings. The third-order valence-electron chi connectivity index (χ3n) is 3.52. The summed E-state index contributed by atoms with van der Waals surface area (Å²) < 4.78 is 0. The Labute approximate surface area is 99.5 Å². The standard InChI is InChI=1S/C14H24N2/c1-10-7-8-12(9-11(10)2)13(15-5)14(3,4)16-6/h7-9,13,15-16H,1-6H3. The molecule has 1 aromatic carbocycles. The first kappa shape index (κ1) is 13.2. The van der Waals surface area contributed by atoms with Gasteiger partial charge < -0.3 is 10.6 Å². The van der Waals surface area contributed by atoms with Gasteiger partial charge in [-0.2, -0.15) is 0 Å². The molecule has 0 saturated heterocycles. The van der Waals surface area contributed by atoms with E-state index >= 15 is 0 Å². The van der Waals surface area contributed by atoms with Crippen molar-refractivity contribution in [2.45, 2.75) is 39.3 Å².